The molecule has 0 radical (unpaired) electrons. The molecule has 2 aromatic heterocycles. The van der Waals surface area contributed by atoms with Crippen molar-refractivity contribution >= 4 is 16.3 Å². The van der Waals surface area contributed by atoms with Crippen LogP contribution in [0.2, 0.25) is 0 Å². The van der Waals surface area contributed by atoms with Gasteiger partial charge in [0.05, 0.1) is 0 Å². The minimum Gasteiger partial charge on any atom is -0.486 e. The van der Waals surface area contributed by atoms with Crippen LogP contribution < -0.4 is 4.74 Å². The Morgan fingerprint density at radius 2 is 1.79 bits per heavy atom. The number of rotatable bonds is 5. The zero-order chi connectivity index (χ0) is 16.4. The van der Waals surface area contributed by atoms with Gasteiger partial charge in [0, 0.05) is 6.42 Å². The number of fused-ring (bicyclic) bond motifs is 1. The van der Waals surface area contributed by atoms with Crippen LogP contribution in [0.1, 0.15) is 16.4 Å². The lowest BCUT2D eigenvalue weighted by Gasteiger charge is -2.02. The van der Waals surface area contributed by atoms with Crippen LogP contribution in [0.3, 0.4) is 0 Å². The summed E-state index contributed by atoms with van der Waals surface area (Å²) >= 11 is 1.44. The van der Waals surface area contributed by atoms with Gasteiger partial charge in [-0.25, -0.2) is 4.39 Å². The Morgan fingerprint density at radius 1 is 1.00 bits per heavy atom. The molecule has 0 fully saturated rings. The molecule has 0 aliphatic rings. The predicted molar refractivity (Wildman–Crippen MR) is 88.6 cm³/mol. The minimum absolute atomic E-state index is 0.251. The van der Waals surface area contributed by atoms with Crippen LogP contribution in [0.25, 0.3) is 4.96 Å². The molecule has 0 saturated heterocycles. The van der Waals surface area contributed by atoms with Crippen LogP contribution in [-0.2, 0) is 13.0 Å². The van der Waals surface area contributed by atoms with Gasteiger partial charge in [-0.2, -0.15) is 9.61 Å². The molecule has 2 aromatic carbocycles. The van der Waals surface area contributed by atoms with Crippen molar-refractivity contribution < 1.29 is 9.13 Å². The molecular formula is C17H13FN4OS. The first-order chi connectivity index (χ1) is 11.8. The molecular weight excluding hydrogens is 327 g/mol. The lowest BCUT2D eigenvalue weighted by molar-refractivity contribution is 0.304. The maximum atomic E-state index is 13.0. The van der Waals surface area contributed by atoms with E-state index in [9.17, 15) is 4.39 Å². The molecule has 0 amide bonds. The average molecular weight is 340 g/mol. The monoisotopic (exact) mass is 340 g/mol. The molecule has 0 saturated carbocycles. The van der Waals surface area contributed by atoms with Crippen LogP contribution >= 0.6 is 11.3 Å². The first-order valence-corrected chi connectivity index (χ1v) is 8.22. The molecule has 0 atom stereocenters. The summed E-state index contributed by atoms with van der Waals surface area (Å²) in [5.41, 5.74) is 0.959. The maximum absolute atomic E-state index is 13.0. The highest BCUT2D eigenvalue weighted by Crippen LogP contribution is 2.18. The third kappa shape index (κ3) is 3.11. The molecule has 7 heteroatoms. The third-order valence-electron chi connectivity index (χ3n) is 3.48. The van der Waals surface area contributed by atoms with E-state index in [-0.39, 0.29) is 5.82 Å². The van der Waals surface area contributed by atoms with E-state index in [1.165, 1.54) is 23.5 Å². The lowest BCUT2D eigenvalue weighted by atomic mass is 10.1. The summed E-state index contributed by atoms with van der Waals surface area (Å²) in [5.74, 6) is 1.27. The molecule has 0 unspecified atom stereocenters. The highest BCUT2D eigenvalue weighted by molar-refractivity contribution is 7.16. The smallest absolute Gasteiger partial charge is 0.234 e. The zero-order valence-corrected chi connectivity index (χ0v) is 13.4. The van der Waals surface area contributed by atoms with E-state index >= 15 is 0 Å². The average Bonchev–Trinajstić information content (AvgIpc) is 3.17. The second kappa shape index (κ2) is 6.37. The molecule has 2 heterocycles. The zero-order valence-electron chi connectivity index (χ0n) is 12.6. The summed E-state index contributed by atoms with van der Waals surface area (Å²) < 4.78 is 20.4. The molecule has 120 valence electrons. The Kier molecular flexibility index (Phi) is 3.92. The molecule has 0 N–H and O–H groups in total. The van der Waals surface area contributed by atoms with E-state index in [0.717, 1.165) is 27.1 Å². The molecule has 4 rings (SSSR count). The predicted octanol–water partition coefficient (Wildman–Crippen LogP) is 3.49. The molecule has 4 aromatic rings. The quantitative estimate of drug-likeness (QED) is 0.558. The van der Waals surface area contributed by atoms with Gasteiger partial charge in [-0.15, -0.1) is 10.2 Å². The van der Waals surface area contributed by atoms with Crippen LogP contribution in [0.15, 0.2) is 54.6 Å². The highest BCUT2D eigenvalue weighted by Gasteiger charge is 2.12. The molecule has 0 aliphatic carbocycles. The van der Waals surface area contributed by atoms with E-state index in [4.69, 9.17) is 4.74 Å². The number of para-hydroxylation sites is 1. The van der Waals surface area contributed by atoms with Crippen molar-refractivity contribution in [3.8, 4) is 5.75 Å². The highest BCUT2D eigenvalue weighted by atomic mass is 32.1. The number of nitrogens with zero attached hydrogens (tertiary/aromatic N) is 4. The van der Waals surface area contributed by atoms with E-state index < -0.39 is 0 Å². The minimum atomic E-state index is -0.251. The number of hydrogen-bond acceptors (Lipinski definition) is 5. The Morgan fingerprint density at radius 3 is 2.58 bits per heavy atom. The molecule has 5 nitrogen and oxygen atoms in total. The SMILES string of the molecule is Fc1ccc(Cc2nnc3sc(COc4ccccc4)nn23)cc1. The van der Waals surface area contributed by atoms with Crippen molar-refractivity contribution in [2.75, 3.05) is 0 Å². The Hall–Kier alpha value is -2.80. The van der Waals surface area contributed by atoms with E-state index in [1.807, 2.05) is 30.3 Å². The number of benzene rings is 2. The van der Waals surface area contributed by atoms with Gasteiger partial charge >= 0.3 is 0 Å². The molecule has 0 spiro atoms. The van der Waals surface area contributed by atoms with E-state index in [0.29, 0.717) is 13.0 Å². The Balaban J connectivity index is 1.51. The van der Waals surface area contributed by atoms with Crippen molar-refractivity contribution in [1.29, 1.82) is 0 Å². The van der Waals surface area contributed by atoms with Crippen LogP contribution in [-0.4, -0.2) is 19.8 Å². The fraction of sp³-hybridized carbons (Fsp3) is 0.118. The lowest BCUT2D eigenvalue weighted by Crippen LogP contribution is -2.00. The maximum Gasteiger partial charge on any atom is 0.234 e. The van der Waals surface area contributed by atoms with Crippen LogP contribution in [0.4, 0.5) is 4.39 Å². The van der Waals surface area contributed by atoms with E-state index in [1.54, 1.807) is 16.6 Å². The van der Waals surface area contributed by atoms with Gasteiger partial charge in [0.15, 0.2) is 10.8 Å². The molecule has 0 bridgehead atoms. The first kappa shape index (κ1) is 14.8. The van der Waals surface area contributed by atoms with Crippen molar-refractivity contribution in [1.82, 2.24) is 19.8 Å². The number of aromatic nitrogens is 4. The third-order valence-corrected chi connectivity index (χ3v) is 4.35. The van der Waals surface area contributed by atoms with Crippen molar-refractivity contribution in [3.05, 3.63) is 76.8 Å². The summed E-state index contributed by atoms with van der Waals surface area (Å²) in [6, 6.07) is 16.0. The number of halogens is 1. The van der Waals surface area contributed by atoms with Crippen LogP contribution in [0.5, 0.6) is 5.75 Å². The first-order valence-electron chi connectivity index (χ1n) is 7.40. The fourth-order valence-electron chi connectivity index (χ4n) is 2.31. The molecule has 0 aliphatic heterocycles. The topological polar surface area (TPSA) is 52.3 Å². The number of ether oxygens (including phenoxy) is 1. The molecule has 24 heavy (non-hydrogen) atoms. The van der Waals surface area contributed by atoms with Gasteiger partial charge in [0.25, 0.3) is 0 Å². The summed E-state index contributed by atoms with van der Waals surface area (Å²) in [6.07, 6.45) is 0.546. The van der Waals surface area contributed by atoms with Crippen molar-refractivity contribution in [2.45, 2.75) is 13.0 Å². The Bertz CT molecular complexity index is 950. The van der Waals surface area contributed by atoms with Crippen molar-refractivity contribution in [2.24, 2.45) is 0 Å². The second-order valence-electron chi connectivity index (χ2n) is 5.21. The summed E-state index contributed by atoms with van der Waals surface area (Å²) in [6.45, 7) is 0.383. The van der Waals surface area contributed by atoms with Gasteiger partial charge < -0.3 is 4.74 Å². The normalized spacial score (nSPS) is 11.0. The van der Waals surface area contributed by atoms with Gasteiger partial charge in [-0.1, -0.05) is 41.7 Å². The summed E-state index contributed by atoms with van der Waals surface area (Å²) in [4.78, 5) is 0.721. The second-order valence-corrected chi connectivity index (χ2v) is 6.25. The summed E-state index contributed by atoms with van der Waals surface area (Å²) in [5, 5.41) is 13.6. The van der Waals surface area contributed by atoms with Gasteiger partial charge in [0.1, 0.15) is 18.2 Å². The summed E-state index contributed by atoms with van der Waals surface area (Å²) in [7, 11) is 0. The van der Waals surface area contributed by atoms with Gasteiger partial charge in [-0.05, 0) is 29.8 Å². The Labute approximate surface area is 141 Å². The number of hydrogen-bond donors (Lipinski definition) is 0. The van der Waals surface area contributed by atoms with Crippen LogP contribution in [0, 0.1) is 5.82 Å². The fourth-order valence-corrected chi connectivity index (χ4v) is 3.08. The van der Waals surface area contributed by atoms with Gasteiger partial charge in [0.2, 0.25) is 4.96 Å². The van der Waals surface area contributed by atoms with Crippen molar-refractivity contribution in [3.63, 3.8) is 0 Å². The standard InChI is InChI=1S/C17H13FN4OS/c18-13-8-6-12(7-9-13)10-15-19-20-17-22(15)21-16(24-17)11-23-14-4-2-1-3-5-14/h1-9H,10-11H2. The van der Waals surface area contributed by atoms with E-state index in [2.05, 4.69) is 15.3 Å². The largest absolute Gasteiger partial charge is 0.486 e. The van der Waals surface area contributed by atoms with Gasteiger partial charge in [-0.3, -0.25) is 0 Å².